The summed E-state index contributed by atoms with van der Waals surface area (Å²) in [4.78, 5) is 9.84. The van der Waals surface area contributed by atoms with E-state index < -0.39 is 0 Å². The lowest BCUT2D eigenvalue weighted by molar-refractivity contribution is 0.304. The third-order valence-electron chi connectivity index (χ3n) is 7.85. The molecule has 2 aliphatic rings. The van der Waals surface area contributed by atoms with Gasteiger partial charge in [-0.15, -0.1) is 0 Å². The van der Waals surface area contributed by atoms with E-state index in [1.165, 1.54) is 11.1 Å². The number of hydrogen-bond donors (Lipinski definition) is 1. The Balaban J connectivity index is 1.36. The van der Waals surface area contributed by atoms with Crippen molar-refractivity contribution in [3.05, 3.63) is 95.6 Å². The zero-order valence-electron chi connectivity index (χ0n) is 19.7. The molecule has 4 nitrogen and oxygen atoms in total. The second kappa shape index (κ2) is 7.09. The summed E-state index contributed by atoms with van der Waals surface area (Å²) in [6.07, 6.45) is 0. The number of aromatic hydroxyl groups is 1. The Kier molecular flexibility index (Phi) is 4.43. The summed E-state index contributed by atoms with van der Waals surface area (Å²) in [6, 6.07) is 25.8. The molecule has 2 heterocycles. The summed E-state index contributed by atoms with van der Waals surface area (Å²) in [7, 11) is 0. The van der Waals surface area contributed by atoms with E-state index >= 15 is 0 Å². The van der Waals surface area contributed by atoms with Gasteiger partial charge in [0.2, 0.25) is 5.88 Å². The summed E-state index contributed by atoms with van der Waals surface area (Å²) in [5.41, 5.74) is 3.94. The first kappa shape index (κ1) is 21.2. The van der Waals surface area contributed by atoms with Gasteiger partial charge in [-0.1, -0.05) is 74.1 Å². The molecule has 4 aromatic rings. The highest BCUT2D eigenvalue weighted by Gasteiger charge is 2.65. The molecule has 3 aromatic carbocycles. The number of phenols is 1. The van der Waals surface area contributed by atoms with Gasteiger partial charge in [-0.05, 0) is 49.2 Å². The summed E-state index contributed by atoms with van der Waals surface area (Å²) in [5.74, 6) is 1.28. The third-order valence-corrected chi connectivity index (χ3v) is 9.69. The minimum atomic E-state index is -0.304. The molecule has 1 aromatic heterocycles. The molecular weight excluding hydrogens is 440 g/mol. The van der Waals surface area contributed by atoms with Gasteiger partial charge in [0, 0.05) is 22.4 Å². The molecule has 0 radical (unpaired) electrons. The second-order valence-corrected chi connectivity index (χ2v) is 11.3. The molecule has 170 valence electrons. The van der Waals surface area contributed by atoms with E-state index in [2.05, 4.69) is 63.0 Å². The second-order valence-electron chi connectivity index (χ2n) is 9.92. The van der Waals surface area contributed by atoms with Crippen molar-refractivity contribution in [3.8, 4) is 17.4 Å². The smallest absolute Gasteiger partial charge is 0.219 e. The molecule has 1 aliphatic carbocycles. The molecule has 0 bridgehead atoms. The summed E-state index contributed by atoms with van der Waals surface area (Å²) >= 11 is 1.86. The van der Waals surface area contributed by atoms with Crippen LogP contribution in [0.25, 0.3) is 10.9 Å². The van der Waals surface area contributed by atoms with Gasteiger partial charge in [0.05, 0.1) is 9.79 Å². The third kappa shape index (κ3) is 2.80. The average Bonchev–Trinajstić information content (AvgIpc) is 3.18. The first-order valence-electron chi connectivity index (χ1n) is 11.5. The minimum Gasteiger partial charge on any atom is -0.506 e. The van der Waals surface area contributed by atoms with Crippen LogP contribution in [0.2, 0.25) is 0 Å². The fourth-order valence-electron chi connectivity index (χ4n) is 5.50. The zero-order chi connectivity index (χ0) is 23.7. The van der Waals surface area contributed by atoms with Crippen molar-refractivity contribution in [2.24, 2.45) is 4.99 Å². The quantitative estimate of drug-likeness (QED) is 0.347. The lowest BCUT2D eigenvalue weighted by Gasteiger charge is -2.41. The highest BCUT2D eigenvalue weighted by Crippen LogP contribution is 2.66. The largest absolute Gasteiger partial charge is 0.506 e. The van der Waals surface area contributed by atoms with E-state index in [4.69, 9.17) is 9.73 Å². The first-order valence-corrected chi connectivity index (χ1v) is 12.3. The van der Waals surface area contributed by atoms with Crippen LogP contribution in [0.3, 0.4) is 0 Å². The zero-order valence-corrected chi connectivity index (χ0v) is 20.5. The number of aliphatic imine (C=N–C) groups is 1. The topological polar surface area (TPSA) is 54.7 Å². The van der Waals surface area contributed by atoms with E-state index in [0.29, 0.717) is 17.1 Å². The Morgan fingerprint density at radius 2 is 1.59 bits per heavy atom. The maximum Gasteiger partial charge on any atom is 0.219 e. The minimum absolute atomic E-state index is 0.0284. The van der Waals surface area contributed by atoms with Gasteiger partial charge in [0.15, 0.2) is 0 Å². The van der Waals surface area contributed by atoms with Gasteiger partial charge in [0.25, 0.3) is 0 Å². The van der Waals surface area contributed by atoms with Gasteiger partial charge >= 0.3 is 0 Å². The van der Waals surface area contributed by atoms with Crippen LogP contribution in [-0.2, 0) is 11.0 Å². The van der Waals surface area contributed by atoms with Crippen LogP contribution in [0.15, 0.2) is 83.9 Å². The standard InChI is InChI=1S/C29H26N2O2S/c1-27(2)21-12-5-6-13-22(21)28(3)29(27,4)34-26(31-28)19-10-7-11-20(17-19)33-24-16-15-18-9-8-14-23(32)25(18)30-24/h5-17,32H,1-4H3/t28-,29+/m0/s1. The SMILES string of the molecule is CC1(C)c2ccccc2[C@]2(C)N=C(c3cccc(Oc4ccc5cccc(O)c5n4)c3)S[C@]12C. The molecule has 34 heavy (non-hydrogen) atoms. The van der Waals surface area contributed by atoms with Crippen molar-refractivity contribution in [1.29, 1.82) is 0 Å². The molecule has 0 saturated carbocycles. The van der Waals surface area contributed by atoms with Crippen molar-refractivity contribution in [2.45, 2.75) is 43.4 Å². The van der Waals surface area contributed by atoms with Crippen LogP contribution in [0, 0.1) is 0 Å². The normalized spacial score (nSPS) is 24.5. The van der Waals surface area contributed by atoms with Crippen LogP contribution in [0.4, 0.5) is 0 Å². The number of para-hydroxylation sites is 1. The number of ether oxygens (including phenoxy) is 1. The lowest BCUT2D eigenvalue weighted by Crippen LogP contribution is -2.47. The van der Waals surface area contributed by atoms with Gasteiger partial charge in [-0.3, -0.25) is 4.99 Å². The first-order chi connectivity index (χ1) is 16.2. The predicted octanol–water partition coefficient (Wildman–Crippen LogP) is 7.19. The molecule has 0 amide bonds. The van der Waals surface area contributed by atoms with E-state index in [0.717, 1.165) is 16.0 Å². The van der Waals surface area contributed by atoms with Crippen LogP contribution >= 0.6 is 11.8 Å². The fraction of sp³-hybridized carbons (Fsp3) is 0.241. The van der Waals surface area contributed by atoms with Crippen molar-refractivity contribution in [1.82, 2.24) is 4.98 Å². The highest BCUT2D eigenvalue weighted by molar-refractivity contribution is 8.16. The molecular formula is C29H26N2O2S. The summed E-state index contributed by atoms with van der Waals surface area (Å²) in [5, 5.41) is 12.1. The Labute approximate surface area is 203 Å². The summed E-state index contributed by atoms with van der Waals surface area (Å²) < 4.78 is 5.99. The van der Waals surface area contributed by atoms with Gasteiger partial charge < -0.3 is 9.84 Å². The van der Waals surface area contributed by atoms with E-state index in [9.17, 15) is 5.11 Å². The Hall–Kier alpha value is -3.31. The van der Waals surface area contributed by atoms with Gasteiger partial charge in [-0.25, -0.2) is 4.98 Å². The number of phenolic OH excluding ortho intramolecular Hbond substituents is 1. The fourth-order valence-corrected chi connectivity index (χ4v) is 7.07. The van der Waals surface area contributed by atoms with E-state index in [1.807, 2.05) is 48.2 Å². The maximum atomic E-state index is 10.2. The maximum absolute atomic E-state index is 10.2. The molecule has 1 aliphatic heterocycles. The van der Waals surface area contributed by atoms with Gasteiger partial charge in [-0.2, -0.15) is 0 Å². The predicted molar refractivity (Wildman–Crippen MR) is 139 cm³/mol. The number of aromatic nitrogens is 1. The average molecular weight is 467 g/mol. The molecule has 1 N–H and O–H groups in total. The van der Waals surface area contributed by atoms with Crippen LogP contribution in [0.5, 0.6) is 17.4 Å². The number of rotatable bonds is 3. The van der Waals surface area contributed by atoms with Gasteiger partial charge in [0.1, 0.15) is 22.6 Å². The number of fused-ring (bicyclic) bond motifs is 4. The van der Waals surface area contributed by atoms with E-state index in [-0.39, 0.29) is 21.5 Å². The summed E-state index contributed by atoms with van der Waals surface area (Å²) in [6.45, 7) is 9.29. The highest BCUT2D eigenvalue weighted by atomic mass is 32.2. The molecule has 0 saturated heterocycles. The number of hydrogen-bond acceptors (Lipinski definition) is 5. The molecule has 0 spiro atoms. The van der Waals surface area contributed by atoms with E-state index in [1.54, 1.807) is 12.1 Å². The molecule has 0 unspecified atom stereocenters. The molecule has 2 atom stereocenters. The molecule has 6 rings (SSSR count). The number of benzene rings is 3. The molecule has 0 fully saturated rings. The Morgan fingerprint density at radius 3 is 2.41 bits per heavy atom. The van der Waals surface area contributed by atoms with Crippen LogP contribution in [-0.4, -0.2) is 19.9 Å². The number of thioether (sulfide) groups is 1. The van der Waals surface area contributed by atoms with Crippen molar-refractivity contribution >= 4 is 27.7 Å². The number of nitrogens with zero attached hydrogens (tertiary/aromatic N) is 2. The lowest BCUT2D eigenvalue weighted by atomic mass is 9.74. The molecule has 5 heteroatoms. The van der Waals surface area contributed by atoms with Crippen molar-refractivity contribution in [2.75, 3.05) is 0 Å². The Morgan fingerprint density at radius 1 is 0.824 bits per heavy atom. The van der Waals surface area contributed by atoms with Crippen molar-refractivity contribution < 1.29 is 9.84 Å². The Bertz CT molecular complexity index is 1490. The monoisotopic (exact) mass is 466 g/mol. The van der Waals surface area contributed by atoms with Crippen molar-refractivity contribution in [3.63, 3.8) is 0 Å². The number of pyridine rings is 1. The van der Waals surface area contributed by atoms with Crippen LogP contribution in [0.1, 0.15) is 44.4 Å². The van der Waals surface area contributed by atoms with Crippen LogP contribution < -0.4 is 4.74 Å².